The van der Waals surface area contributed by atoms with Crippen LogP contribution in [-0.2, 0) is 10.7 Å². The smallest absolute Gasteiger partial charge is 0.324 e. The molecule has 1 aromatic carbocycles. The fourth-order valence-corrected chi connectivity index (χ4v) is 4.03. The van der Waals surface area contributed by atoms with Crippen LogP contribution in [0.2, 0.25) is 0 Å². The molecule has 0 spiro atoms. The first-order chi connectivity index (χ1) is 17.5. The number of benzene rings is 1. The molecule has 37 heavy (non-hydrogen) atoms. The summed E-state index contributed by atoms with van der Waals surface area (Å²) >= 11 is 0. The molecule has 0 bridgehead atoms. The molecule has 1 fully saturated rings. The number of fused-ring (bicyclic) bond motifs is 1. The molecule has 194 valence electrons. The van der Waals surface area contributed by atoms with E-state index in [-0.39, 0.29) is 36.5 Å². The van der Waals surface area contributed by atoms with Crippen LogP contribution in [0.15, 0.2) is 42.6 Å². The normalized spacial score (nSPS) is 15.8. The number of likely N-dealkylation sites (tertiary alicyclic amines) is 1. The highest BCUT2D eigenvalue weighted by Gasteiger charge is 2.40. The van der Waals surface area contributed by atoms with E-state index in [1.54, 1.807) is 13.0 Å². The van der Waals surface area contributed by atoms with Crippen LogP contribution in [-0.4, -0.2) is 61.2 Å². The summed E-state index contributed by atoms with van der Waals surface area (Å²) < 4.78 is 71.9. The van der Waals surface area contributed by atoms with Crippen molar-refractivity contribution in [3.05, 3.63) is 65.5 Å². The zero-order valence-corrected chi connectivity index (χ0v) is 19.4. The fourth-order valence-electron chi connectivity index (χ4n) is 4.03. The summed E-state index contributed by atoms with van der Waals surface area (Å²) in [5, 5.41) is 16.1. The maximum atomic E-state index is 15.3. The van der Waals surface area contributed by atoms with Gasteiger partial charge in [0.05, 0.1) is 25.0 Å². The van der Waals surface area contributed by atoms with Crippen molar-refractivity contribution in [1.82, 2.24) is 29.7 Å². The Morgan fingerprint density at radius 1 is 1.22 bits per heavy atom. The van der Waals surface area contributed by atoms with Crippen molar-refractivity contribution in [2.24, 2.45) is 0 Å². The van der Waals surface area contributed by atoms with Crippen LogP contribution >= 0.6 is 0 Å². The Labute approximate surface area is 206 Å². The van der Waals surface area contributed by atoms with E-state index in [0.29, 0.717) is 11.5 Å². The minimum Gasteiger partial charge on any atom is -0.324 e. The predicted octanol–water partition coefficient (Wildman–Crippen LogP) is 4.06. The molecule has 14 heteroatoms. The SMILES string of the molecule is Cc1cc(Nc2nc(C(F)(F)c3ccc(F)cc3)nn3cc(NC(=O)CN4CCC(F)(F)C4)cc23)n[nH]1. The van der Waals surface area contributed by atoms with Gasteiger partial charge < -0.3 is 10.6 Å². The molecule has 0 unspecified atom stereocenters. The first-order valence-electron chi connectivity index (χ1n) is 11.2. The molecule has 1 aliphatic rings. The summed E-state index contributed by atoms with van der Waals surface area (Å²) in [5.41, 5.74) is 0.634. The average Bonchev–Trinajstić information content (AvgIpc) is 3.51. The molecule has 5 rings (SSSR count). The Balaban J connectivity index is 1.47. The number of aryl methyl sites for hydroxylation is 1. The predicted molar refractivity (Wildman–Crippen MR) is 124 cm³/mol. The van der Waals surface area contributed by atoms with Crippen LogP contribution in [0.1, 0.15) is 23.5 Å². The lowest BCUT2D eigenvalue weighted by Crippen LogP contribution is -2.33. The Morgan fingerprint density at radius 2 is 1.97 bits per heavy atom. The highest BCUT2D eigenvalue weighted by atomic mass is 19.3. The Bertz CT molecular complexity index is 1450. The van der Waals surface area contributed by atoms with Crippen molar-refractivity contribution in [3.63, 3.8) is 0 Å². The van der Waals surface area contributed by atoms with Crippen LogP contribution in [0, 0.1) is 12.7 Å². The zero-order chi connectivity index (χ0) is 26.4. The molecular formula is C23H21F5N8O. The van der Waals surface area contributed by atoms with Gasteiger partial charge in [0, 0.05) is 30.3 Å². The van der Waals surface area contributed by atoms with Gasteiger partial charge in [-0.05, 0) is 37.3 Å². The molecule has 1 amide bonds. The quantitative estimate of drug-likeness (QED) is 0.318. The number of aromatic nitrogens is 5. The molecule has 3 N–H and O–H groups in total. The number of alkyl halides is 4. The van der Waals surface area contributed by atoms with Crippen molar-refractivity contribution in [2.75, 3.05) is 30.3 Å². The van der Waals surface area contributed by atoms with Gasteiger partial charge in [-0.15, -0.1) is 5.10 Å². The number of hydrogen-bond acceptors (Lipinski definition) is 6. The minimum absolute atomic E-state index is 0.0297. The van der Waals surface area contributed by atoms with Crippen LogP contribution in [0.3, 0.4) is 0 Å². The van der Waals surface area contributed by atoms with E-state index in [0.717, 1.165) is 28.8 Å². The van der Waals surface area contributed by atoms with E-state index in [2.05, 4.69) is 30.9 Å². The second-order valence-electron chi connectivity index (χ2n) is 8.85. The Morgan fingerprint density at radius 3 is 2.62 bits per heavy atom. The molecule has 9 nitrogen and oxygen atoms in total. The summed E-state index contributed by atoms with van der Waals surface area (Å²) in [6.07, 6.45) is 0.984. The molecule has 4 heterocycles. The molecule has 0 saturated carbocycles. The maximum Gasteiger partial charge on any atom is 0.333 e. The Kier molecular flexibility index (Phi) is 6.06. The molecule has 0 aliphatic carbocycles. The summed E-state index contributed by atoms with van der Waals surface area (Å²) in [5.74, 6) is -8.35. The van der Waals surface area contributed by atoms with Crippen LogP contribution < -0.4 is 10.6 Å². The lowest BCUT2D eigenvalue weighted by Gasteiger charge is -2.16. The second-order valence-corrected chi connectivity index (χ2v) is 8.85. The number of amides is 1. The van der Waals surface area contributed by atoms with E-state index in [1.807, 2.05) is 0 Å². The molecule has 1 saturated heterocycles. The number of anilines is 3. The van der Waals surface area contributed by atoms with Crippen molar-refractivity contribution in [3.8, 4) is 0 Å². The van der Waals surface area contributed by atoms with Crippen molar-refractivity contribution < 1.29 is 26.7 Å². The zero-order valence-electron chi connectivity index (χ0n) is 19.4. The molecular weight excluding hydrogens is 499 g/mol. The first-order valence-corrected chi connectivity index (χ1v) is 11.2. The van der Waals surface area contributed by atoms with Crippen molar-refractivity contribution in [2.45, 2.75) is 25.2 Å². The average molecular weight is 520 g/mol. The summed E-state index contributed by atoms with van der Waals surface area (Å²) in [4.78, 5) is 17.8. The fraction of sp³-hybridized carbons (Fsp3) is 0.304. The van der Waals surface area contributed by atoms with Gasteiger partial charge in [-0.3, -0.25) is 14.8 Å². The highest BCUT2D eigenvalue weighted by Crippen LogP contribution is 2.35. The van der Waals surface area contributed by atoms with Gasteiger partial charge in [0.15, 0.2) is 11.6 Å². The summed E-state index contributed by atoms with van der Waals surface area (Å²) in [6.45, 7) is 1.08. The topological polar surface area (TPSA) is 103 Å². The van der Waals surface area contributed by atoms with Crippen molar-refractivity contribution in [1.29, 1.82) is 0 Å². The number of rotatable bonds is 7. The monoisotopic (exact) mass is 520 g/mol. The molecule has 3 aromatic heterocycles. The number of aromatic amines is 1. The number of carbonyl (C=O) groups is 1. The minimum atomic E-state index is -3.69. The lowest BCUT2D eigenvalue weighted by atomic mass is 10.1. The van der Waals surface area contributed by atoms with Crippen molar-refractivity contribution >= 4 is 28.7 Å². The molecule has 0 atom stereocenters. The lowest BCUT2D eigenvalue weighted by molar-refractivity contribution is -0.117. The Hall–Kier alpha value is -4.07. The molecule has 1 aliphatic heterocycles. The highest BCUT2D eigenvalue weighted by molar-refractivity contribution is 5.93. The van der Waals surface area contributed by atoms with E-state index >= 15 is 8.78 Å². The second kappa shape index (κ2) is 9.10. The van der Waals surface area contributed by atoms with E-state index in [4.69, 9.17) is 0 Å². The maximum absolute atomic E-state index is 15.3. The van der Waals surface area contributed by atoms with Gasteiger partial charge in [0.1, 0.15) is 11.3 Å². The van der Waals surface area contributed by atoms with Gasteiger partial charge in [0.2, 0.25) is 11.7 Å². The van der Waals surface area contributed by atoms with Gasteiger partial charge in [-0.2, -0.15) is 13.9 Å². The van der Waals surface area contributed by atoms with E-state index in [9.17, 15) is 18.0 Å². The largest absolute Gasteiger partial charge is 0.333 e. The number of H-pyrrole nitrogens is 1. The van der Waals surface area contributed by atoms with E-state index in [1.165, 1.54) is 17.2 Å². The van der Waals surface area contributed by atoms with E-state index < -0.39 is 41.5 Å². The van der Waals surface area contributed by atoms with Gasteiger partial charge >= 0.3 is 5.92 Å². The molecule has 0 radical (unpaired) electrons. The third kappa shape index (κ3) is 5.23. The van der Waals surface area contributed by atoms with Crippen LogP contribution in [0.5, 0.6) is 0 Å². The van der Waals surface area contributed by atoms with Gasteiger partial charge in [0.25, 0.3) is 5.92 Å². The number of carbonyl (C=O) groups excluding carboxylic acids is 1. The van der Waals surface area contributed by atoms with Crippen LogP contribution in [0.4, 0.5) is 39.3 Å². The first kappa shape index (κ1) is 24.6. The van der Waals surface area contributed by atoms with Gasteiger partial charge in [-0.1, -0.05) is 0 Å². The third-order valence-electron chi connectivity index (χ3n) is 5.80. The number of halogens is 5. The molecule has 4 aromatic rings. The summed E-state index contributed by atoms with van der Waals surface area (Å²) in [7, 11) is 0. The van der Waals surface area contributed by atoms with Crippen LogP contribution in [0.25, 0.3) is 5.52 Å². The number of nitrogens with zero attached hydrogens (tertiary/aromatic N) is 5. The number of nitrogens with one attached hydrogen (secondary N) is 3. The summed E-state index contributed by atoms with van der Waals surface area (Å²) in [6, 6.07) is 6.79. The standard InChI is InChI=1S/C23H21F5N8O/c1-13-8-18(33-32-13)30-20-17-9-16(29-19(37)11-35-7-6-22(25,26)12-35)10-36(17)34-21(31-20)23(27,28)14-2-4-15(24)5-3-14/h2-5,8-10H,6-7,11-12H2,1H3,(H,29,37)(H2,30,31,32,33,34). The third-order valence-corrected chi connectivity index (χ3v) is 5.80. The number of hydrogen-bond donors (Lipinski definition) is 3. The van der Waals surface area contributed by atoms with Gasteiger partial charge in [-0.25, -0.2) is 22.7 Å².